The average molecular weight is 462 g/mol. The van der Waals surface area contributed by atoms with E-state index in [0.717, 1.165) is 22.4 Å². The molecular weight excluding hydrogens is 438 g/mol. The minimum Gasteiger partial charge on any atom is -0.425 e. The summed E-state index contributed by atoms with van der Waals surface area (Å²) in [4.78, 5) is 29.2. The summed E-state index contributed by atoms with van der Waals surface area (Å²) in [6.07, 6.45) is 0. The number of carbonyl (C=O) groups excluding carboxylic acids is 2. The van der Waals surface area contributed by atoms with Crippen LogP contribution in [0.5, 0.6) is 5.75 Å². The van der Waals surface area contributed by atoms with Gasteiger partial charge in [0.05, 0.1) is 11.0 Å². The zero-order valence-electron chi connectivity index (χ0n) is 18.9. The molecule has 0 spiro atoms. The normalized spacial score (nSPS) is 10.7. The van der Waals surface area contributed by atoms with Crippen LogP contribution in [0.1, 0.15) is 15.9 Å². The Balaban J connectivity index is 1.30. The SMILES string of the molecule is O=C(CNC(=O)c1ccccc1)Oc1ccc(-c2nc3ccccc3n2Cc2ccccc2)cc1. The molecule has 0 aliphatic rings. The number of esters is 1. The summed E-state index contributed by atoms with van der Waals surface area (Å²) in [6, 6.07) is 34.3. The lowest BCUT2D eigenvalue weighted by Gasteiger charge is -2.11. The molecule has 5 aromatic rings. The zero-order valence-corrected chi connectivity index (χ0v) is 18.9. The monoisotopic (exact) mass is 461 g/mol. The third-order valence-electron chi connectivity index (χ3n) is 5.61. The molecule has 0 saturated heterocycles. The Hall–Kier alpha value is -4.71. The first-order valence-electron chi connectivity index (χ1n) is 11.3. The second-order valence-electron chi connectivity index (χ2n) is 8.04. The van der Waals surface area contributed by atoms with Gasteiger partial charge in [0.25, 0.3) is 5.91 Å². The maximum Gasteiger partial charge on any atom is 0.330 e. The second-order valence-corrected chi connectivity index (χ2v) is 8.04. The number of nitrogens with zero attached hydrogens (tertiary/aromatic N) is 2. The molecule has 35 heavy (non-hydrogen) atoms. The Kier molecular flexibility index (Phi) is 6.35. The maximum absolute atomic E-state index is 12.2. The summed E-state index contributed by atoms with van der Waals surface area (Å²) in [6.45, 7) is 0.469. The van der Waals surface area contributed by atoms with Gasteiger partial charge in [0.2, 0.25) is 0 Å². The molecule has 0 bridgehead atoms. The smallest absolute Gasteiger partial charge is 0.330 e. The molecule has 6 nitrogen and oxygen atoms in total. The van der Waals surface area contributed by atoms with E-state index in [2.05, 4.69) is 28.1 Å². The van der Waals surface area contributed by atoms with Gasteiger partial charge in [0.1, 0.15) is 18.1 Å². The van der Waals surface area contributed by atoms with Crippen molar-refractivity contribution in [3.63, 3.8) is 0 Å². The van der Waals surface area contributed by atoms with Crippen LogP contribution >= 0.6 is 0 Å². The van der Waals surface area contributed by atoms with Crippen LogP contribution in [0.2, 0.25) is 0 Å². The largest absolute Gasteiger partial charge is 0.425 e. The molecule has 172 valence electrons. The van der Waals surface area contributed by atoms with Gasteiger partial charge in [-0.2, -0.15) is 0 Å². The number of nitrogens with one attached hydrogen (secondary N) is 1. The Labute approximate surface area is 202 Å². The van der Waals surface area contributed by atoms with Crippen LogP contribution in [0.15, 0.2) is 109 Å². The second kappa shape index (κ2) is 10.1. The van der Waals surface area contributed by atoms with E-state index >= 15 is 0 Å². The first kappa shape index (κ1) is 22.1. The van der Waals surface area contributed by atoms with Crippen LogP contribution in [-0.2, 0) is 11.3 Å². The molecule has 1 heterocycles. The number of aromatic nitrogens is 2. The highest BCUT2D eigenvalue weighted by atomic mass is 16.5. The van der Waals surface area contributed by atoms with Gasteiger partial charge in [-0.05, 0) is 54.1 Å². The number of benzene rings is 4. The van der Waals surface area contributed by atoms with E-state index in [4.69, 9.17) is 9.72 Å². The van der Waals surface area contributed by atoms with Crippen LogP contribution in [0.3, 0.4) is 0 Å². The number of carbonyl (C=O) groups is 2. The highest BCUT2D eigenvalue weighted by molar-refractivity contribution is 5.96. The topological polar surface area (TPSA) is 73.2 Å². The van der Waals surface area contributed by atoms with Crippen molar-refractivity contribution in [3.05, 3.63) is 120 Å². The van der Waals surface area contributed by atoms with Crippen molar-refractivity contribution in [1.29, 1.82) is 0 Å². The van der Waals surface area contributed by atoms with Gasteiger partial charge in [0.15, 0.2) is 0 Å². The van der Waals surface area contributed by atoms with Crippen LogP contribution < -0.4 is 10.1 Å². The summed E-state index contributed by atoms with van der Waals surface area (Å²) < 4.78 is 7.58. The lowest BCUT2D eigenvalue weighted by atomic mass is 10.2. The van der Waals surface area contributed by atoms with Crippen molar-refractivity contribution in [1.82, 2.24) is 14.9 Å². The van der Waals surface area contributed by atoms with E-state index < -0.39 is 5.97 Å². The molecular formula is C29H23N3O3. The van der Waals surface area contributed by atoms with Gasteiger partial charge in [0, 0.05) is 17.7 Å². The molecule has 0 radical (unpaired) electrons. The molecule has 0 aliphatic heterocycles. The van der Waals surface area contributed by atoms with Crippen LogP contribution in [0.25, 0.3) is 22.4 Å². The van der Waals surface area contributed by atoms with Gasteiger partial charge >= 0.3 is 5.97 Å². The number of imidazole rings is 1. The minimum absolute atomic E-state index is 0.220. The van der Waals surface area contributed by atoms with Gasteiger partial charge < -0.3 is 14.6 Å². The number of rotatable bonds is 7. The van der Waals surface area contributed by atoms with Crippen molar-refractivity contribution < 1.29 is 14.3 Å². The fourth-order valence-electron chi connectivity index (χ4n) is 3.91. The first-order valence-corrected chi connectivity index (χ1v) is 11.3. The summed E-state index contributed by atoms with van der Waals surface area (Å²) >= 11 is 0. The Bertz CT molecular complexity index is 1460. The van der Waals surface area contributed by atoms with Crippen molar-refractivity contribution >= 4 is 22.9 Å². The number of fused-ring (bicyclic) bond motifs is 1. The maximum atomic E-state index is 12.2. The van der Waals surface area contributed by atoms with Gasteiger partial charge in [-0.3, -0.25) is 4.79 Å². The van der Waals surface area contributed by atoms with E-state index in [0.29, 0.717) is 17.9 Å². The van der Waals surface area contributed by atoms with Gasteiger partial charge in [-0.1, -0.05) is 60.7 Å². The van der Waals surface area contributed by atoms with Crippen molar-refractivity contribution in [2.75, 3.05) is 6.54 Å². The zero-order chi connectivity index (χ0) is 24.0. The Morgan fingerprint density at radius 1 is 0.771 bits per heavy atom. The molecule has 0 aliphatic carbocycles. The third-order valence-corrected chi connectivity index (χ3v) is 5.61. The highest BCUT2D eigenvalue weighted by Crippen LogP contribution is 2.27. The van der Waals surface area contributed by atoms with Crippen LogP contribution in [0.4, 0.5) is 0 Å². The molecule has 0 saturated carbocycles. The van der Waals surface area contributed by atoms with Gasteiger partial charge in [-0.15, -0.1) is 0 Å². The number of ether oxygens (including phenoxy) is 1. The summed E-state index contributed by atoms with van der Waals surface area (Å²) in [5, 5.41) is 2.57. The predicted octanol–water partition coefficient (Wildman–Crippen LogP) is 5.09. The van der Waals surface area contributed by atoms with E-state index in [-0.39, 0.29) is 12.5 Å². The summed E-state index contributed by atoms with van der Waals surface area (Å²) in [5.41, 5.74) is 4.55. The van der Waals surface area contributed by atoms with E-state index in [1.807, 2.05) is 54.6 Å². The molecule has 0 fully saturated rings. The Morgan fingerprint density at radius 2 is 1.43 bits per heavy atom. The lowest BCUT2D eigenvalue weighted by molar-refractivity contribution is -0.133. The van der Waals surface area contributed by atoms with E-state index in [1.165, 1.54) is 5.56 Å². The predicted molar refractivity (Wildman–Crippen MR) is 135 cm³/mol. The number of para-hydroxylation sites is 2. The van der Waals surface area contributed by atoms with Crippen molar-refractivity contribution in [2.45, 2.75) is 6.54 Å². The number of amides is 1. The third kappa shape index (κ3) is 5.12. The fraction of sp³-hybridized carbons (Fsp3) is 0.0690. The highest BCUT2D eigenvalue weighted by Gasteiger charge is 2.14. The Morgan fingerprint density at radius 3 is 2.17 bits per heavy atom. The molecule has 1 aromatic heterocycles. The van der Waals surface area contributed by atoms with E-state index in [9.17, 15) is 9.59 Å². The van der Waals surface area contributed by atoms with Crippen LogP contribution in [0, 0.1) is 0 Å². The molecule has 0 atom stereocenters. The first-order chi connectivity index (χ1) is 17.2. The van der Waals surface area contributed by atoms with Gasteiger partial charge in [-0.25, -0.2) is 9.78 Å². The molecule has 1 N–H and O–H groups in total. The number of hydrogen-bond acceptors (Lipinski definition) is 4. The van der Waals surface area contributed by atoms with Crippen molar-refractivity contribution in [3.8, 4) is 17.1 Å². The standard InChI is InChI=1S/C29H23N3O3/c33-27(19-30-29(34)23-11-5-2-6-12-23)35-24-17-15-22(16-18-24)28-31-25-13-7-8-14-26(25)32(28)20-21-9-3-1-4-10-21/h1-18H,19-20H2,(H,30,34). The van der Waals surface area contributed by atoms with Crippen LogP contribution in [-0.4, -0.2) is 28.0 Å². The fourth-order valence-corrected chi connectivity index (χ4v) is 3.91. The molecule has 1 amide bonds. The average Bonchev–Trinajstić information content (AvgIpc) is 3.27. The molecule has 6 heteroatoms. The minimum atomic E-state index is -0.543. The lowest BCUT2D eigenvalue weighted by Crippen LogP contribution is -2.31. The molecule has 5 rings (SSSR count). The molecule has 0 unspecified atom stereocenters. The van der Waals surface area contributed by atoms with Crippen molar-refractivity contribution in [2.24, 2.45) is 0 Å². The number of hydrogen-bond donors (Lipinski definition) is 1. The van der Waals surface area contributed by atoms with E-state index in [1.54, 1.807) is 36.4 Å². The summed E-state index contributed by atoms with van der Waals surface area (Å²) in [5.74, 6) is 0.370. The molecule has 4 aromatic carbocycles. The summed E-state index contributed by atoms with van der Waals surface area (Å²) in [7, 11) is 0. The quantitative estimate of drug-likeness (QED) is 0.271.